The van der Waals surface area contributed by atoms with E-state index in [9.17, 15) is 8.42 Å². The van der Waals surface area contributed by atoms with Crippen LogP contribution in [0.3, 0.4) is 0 Å². The molecular weight excluding hydrogens is 264 g/mol. The summed E-state index contributed by atoms with van der Waals surface area (Å²) in [6, 6.07) is 1.67. The predicted molar refractivity (Wildman–Crippen MR) is 76.5 cm³/mol. The van der Waals surface area contributed by atoms with E-state index >= 15 is 0 Å². The Hall–Kier alpha value is -0.890. The third kappa shape index (κ3) is 4.61. The van der Waals surface area contributed by atoms with Crippen molar-refractivity contribution in [2.45, 2.75) is 17.9 Å². The predicted octanol–water partition coefficient (Wildman–Crippen LogP) is 0.306. The Morgan fingerprint density at radius 1 is 1.26 bits per heavy atom. The van der Waals surface area contributed by atoms with Crippen LogP contribution in [0.15, 0.2) is 17.2 Å². The molecule has 1 aromatic rings. The monoisotopic (exact) mass is 288 g/mol. The van der Waals surface area contributed by atoms with Crippen molar-refractivity contribution in [1.82, 2.24) is 19.5 Å². The van der Waals surface area contributed by atoms with Gasteiger partial charge in [-0.1, -0.05) is 0 Å². The van der Waals surface area contributed by atoms with E-state index in [1.54, 1.807) is 19.3 Å². The standard InChI is InChI=1S/C12H24N4O2S/c1-13-9-11-8-12(10-14-11)19(17,18)16(4)7-5-6-15(2)3/h8,10,13-14H,5-7,9H2,1-4H3. The summed E-state index contributed by atoms with van der Waals surface area (Å²) in [6.07, 6.45) is 2.36. The minimum absolute atomic E-state index is 0.324. The van der Waals surface area contributed by atoms with Crippen LogP contribution in [-0.2, 0) is 16.6 Å². The lowest BCUT2D eigenvalue weighted by Crippen LogP contribution is -2.29. The van der Waals surface area contributed by atoms with Crippen LogP contribution < -0.4 is 5.32 Å². The molecule has 0 unspecified atom stereocenters. The molecule has 0 radical (unpaired) electrons. The van der Waals surface area contributed by atoms with E-state index < -0.39 is 10.0 Å². The molecule has 0 saturated heterocycles. The third-order valence-corrected chi connectivity index (χ3v) is 4.70. The fourth-order valence-electron chi connectivity index (χ4n) is 1.77. The first-order chi connectivity index (χ1) is 8.87. The Bertz CT molecular complexity index is 482. The highest BCUT2D eigenvalue weighted by molar-refractivity contribution is 7.89. The topological polar surface area (TPSA) is 68.4 Å². The number of rotatable bonds is 8. The van der Waals surface area contributed by atoms with Crippen LogP contribution in [0.5, 0.6) is 0 Å². The van der Waals surface area contributed by atoms with Crippen molar-refractivity contribution >= 4 is 10.0 Å². The van der Waals surface area contributed by atoms with Gasteiger partial charge < -0.3 is 15.2 Å². The highest BCUT2D eigenvalue weighted by Crippen LogP contribution is 2.15. The van der Waals surface area contributed by atoms with Gasteiger partial charge in [0.25, 0.3) is 0 Å². The van der Waals surface area contributed by atoms with Gasteiger partial charge in [-0.25, -0.2) is 12.7 Å². The van der Waals surface area contributed by atoms with Crippen molar-refractivity contribution in [3.05, 3.63) is 18.0 Å². The van der Waals surface area contributed by atoms with Gasteiger partial charge in [-0.15, -0.1) is 0 Å². The van der Waals surface area contributed by atoms with Gasteiger partial charge in [-0.05, 0) is 40.2 Å². The molecule has 0 aromatic carbocycles. The highest BCUT2D eigenvalue weighted by atomic mass is 32.2. The largest absolute Gasteiger partial charge is 0.363 e. The molecule has 1 heterocycles. The first-order valence-corrected chi connectivity index (χ1v) is 7.75. The molecule has 2 N–H and O–H groups in total. The summed E-state index contributed by atoms with van der Waals surface area (Å²) in [7, 11) is 4.02. The maximum absolute atomic E-state index is 12.3. The van der Waals surface area contributed by atoms with Crippen LogP contribution in [-0.4, -0.2) is 63.9 Å². The number of aromatic amines is 1. The average Bonchev–Trinajstić information content (AvgIpc) is 2.78. The summed E-state index contributed by atoms with van der Waals surface area (Å²) in [5.74, 6) is 0. The van der Waals surface area contributed by atoms with Gasteiger partial charge in [0.15, 0.2) is 0 Å². The summed E-state index contributed by atoms with van der Waals surface area (Å²) < 4.78 is 26.0. The first kappa shape index (κ1) is 16.2. The minimum atomic E-state index is -3.38. The molecule has 0 fully saturated rings. The maximum Gasteiger partial charge on any atom is 0.244 e. The fourth-order valence-corrected chi connectivity index (χ4v) is 3.00. The number of nitrogens with one attached hydrogen (secondary N) is 2. The molecule has 0 amide bonds. The van der Waals surface area contributed by atoms with E-state index in [2.05, 4.69) is 10.3 Å². The molecule has 0 aliphatic rings. The van der Waals surface area contributed by atoms with Crippen molar-refractivity contribution < 1.29 is 8.42 Å². The van der Waals surface area contributed by atoms with Crippen LogP contribution in [0.25, 0.3) is 0 Å². The second-order valence-electron chi connectivity index (χ2n) is 4.87. The molecule has 0 aliphatic carbocycles. The maximum atomic E-state index is 12.3. The summed E-state index contributed by atoms with van der Waals surface area (Å²) in [5.41, 5.74) is 0.864. The lowest BCUT2D eigenvalue weighted by molar-refractivity contribution is 0.370. The van der Waals surface area contributed by atoms with Gasteiger partial charge in [0.2, 0.25) is 10.0 Å². The molecular formula is C12H24N4O2S. The molecule has 1 rings (SSSR count). The summed E-state index contributed by atoms with van der Waals surface area (Å²) >= 11 is 0. The van der Waals surface area contributed by atoms with Gasteiger partial charge in [0, 0.05) is 32.0 Å². The number of aromatic nitrogens is 1. The Kier molecular flexibility index (Phi) is 5.99. The molecule has 6 nitrogen and oxygen atoms in total. The van der Waals surface area contributed by atoms with Crippen molar-refractivity contribution in [1.29, 1.82) is 0 Å². The van der Waals surface area contributed by atoms with Crippen LogP contribution in [0, 0.1) is 0 Å². The van der Waals surface area contributed by atoms with E-state index in [0.29, 0.717) is 18.0 Å². The number of hydrogen-bond acceptors (Lipinski definition) is 4. The fraction of sp³-hybridized carbons (Fsp3) is 0.667. The van der Waals surface area contributed by atoms with Crippen molar-refractivity contribution in [2.24, 2.45) is 0 Å². The molecule has 0 saturated carbocycles. The minimum Gasteiger partial charge on any atom is -0.363 e. The molecule has 0 aliphatic heterocycles. The Morgan fingerprint density at radius 2 is 1.95 bits per heavy atom. The van der Waals surface area contributed by atoms with Crippen molar-refractivity contribution in [3.8, 4) is 0 Å². The molecule has 0 atom stereocenters. The molecule has 7 heteroatoms. The second-order valence-corrected chi connectivity index (χ2v) is 6.92. The smallest absolute Gasteiger partial charge is 0.244 e. The van der Waals surface area contributed by atoms with E-state index in [0.717, 1.165) is 18.7 Å². The SMILES string of the molecule is CNCc1cc(S(=O)(=O)N(C)CCCN(C)C)c[nH]1. The normalized spacial score (nSPS) is 12.5. The van der Waals surface area contributed by atoms with E-state index in [1.807, 2.05) is 26.0 Å². The highest BCUT2D eigenvalue weighted by Gasteiger charge is 2.21. The summed E-state index contributed by atoms with van der Waals surface area (Å²) in [4.78, 5) is 5.33. The summed E-state index contributed by atoms with van der Waals surface area (Å²) in [6.45, 7) is 2.02. The van der Waals surface area contributed by atoms with Crippen LogP contribution in [0.1, 0.15) is 12.1 Å². The zero-order valence-electron chi connectivity index (χ0n) is 12.1. The quantitative estimate of drug-likeness (QED) is 0.722. The van der Waals surface area contributed by atoms with Crippen LogP contribution >= 0.6 is 0 Å². The number of H-pyrrole nitrogens is 1. The van der Waals surface area contributed by atoms with E-state index in [4.69, 9.17) is 0 Å². The molecule has 19 heavy (non-hydrogen) atoms. The average molecular weight is 288 g/mol. The van der Waals surface area contributed by atoms with Gasteiger partial charge in [0.1, 0.15) is 0 Å². The van der Waals surface area contributed by atoms with Crippen molar-refractivity contribution in [2.75, 3.05) is 41.3 Å². The summed E-state index contributed by atoms with van der Waals surface area (Å²) in [5, 5.41) is 2.98. The van der Waals surface area contributed by atoms with Gasteiger partial charge in [0.05, 0.1) is 4.90 Å². The second kappa shape index (κ2) is 7.04. The Morgan fingerprint density at radius 3 is 2.53 bits per heavy atom. The number of nitrogens with zero attached hydrogens (tertiary/aromatic N) is 2. The Labute approximate surface area is 115 Å². The lowest BCUT2D eigenvalue weighted by Gasteiger charge is -2.17. The van der Waals surface area contributed by atoms with Crippen LogP contribution in [0.2, 0.25) is 0 Å². The van der Waals surface area contributed by atoms with E-state index in [1.165, 1.54) is 4.31 Å². The third-order valence-electron chi connectivity index (χ3n) is 2.87. The van der Waals surface area contributed by atoms with Crippen LogP contribution in [0.4, 0.5) is 0 Å². The number of hydrogen-bond donors (Lipinski definition) is 2. The zero-order chi connectivity index (χ0) is 14.5. The van der Waals surface area contributed by atoms with Gasteiger partial charge in [-0.3, -0.25) is 0 Å². The lowest BCUT2D eigenvalue weighted by atomic mass is 10.4. The molecule has 0 bridgehead atoms. The zero-order valence-corrected chi connectivity index (χ0v) is 12.9. The van der Waals surface area contributed by atoms with E-state index in [-0.39, 0.29) is 0 Å². The molecule has 0 spiro atoms. The van der Waals surface area contributed by atoms with Crippen molar-refractivity contribution in [3.63, 3.8) is 0 Å². The van der Waals surface area contributed by atoms with Gasteiger partial charge >= 0.3 is 0 Å². The Balaban J connectivity index is 2.67. The number of sulfonamides is 1. The molecule has 1 aromatic heterocycles. The first-order valence-electron chi connectivity index (χ1n) is 6.31. The molecule has 110 valence electrons. The van der Waals surface area contributed by atoms with Gasteiger partial charge in [-0.2, -0.15) is 0 Å².